The Bertz CT molecular complexity index is 1230. The van der Waals surface area contributed by atoms with Gasteiger partial charge in [0.15, 0.2) is 5.76 Å². The highest BCUT2D eigenvalue weighted by Crippen LogP contribution is 2.32. The lowest BCUT2D eigenvalue weighted by Crippen LogP contribution is -2.47. The van der Waals surface area contributed by atoms with Crippen LogP contribution in [0.15, 0.2) is 65.3 Å². The van der Waals surface area contributed by atoms with Crippen LogP contribution in [0.2, 0.25) is 0 Å². The first-order valence-corrected chi connectivity index (χ1v) is 12.9. The highest BCUT2D eigenvalue weighted by Gasteiger charge is 2.28. The molecular weight excluding hydrogens is 468 g/mol. The summed E-state index contributed by atoms with van der Waals surface area (Å²) in [5, 5.41) is 2.88. The molecule has 2 aliphatic rings. The highest BCUT2D eigenvalue weighted by atomic mass is 16.5. The van der Waals surface area contributed by atoms with Gasteiger partial charge in [0, 0.05) is 50.6 Å². The van der Waals surface area contributed by atoms with Gasteiger partial charge in [0.05, 0.1) is 24.6 Å². The number of anilines is 3. The van der Waals surface area contributed by atoms with E-state index in [1.54, 1.807) is 19.2 Å². The third-order valence-corrected chi connectivity index (χ3v) is 7.35. The van der Waals surface area contributed by atoms with Crippen molar-refractivity contribution in [3.8, 4) is 5.75 Å². The van der Waals surface area contributed by atoms with E-state index in [-0.39, 0.29) is 17.6 Å². The van der Waals surface area contributed by atoms with E-state index >= 15 is 0 Å². The van der Waals surface area contributed by atoms with Gasteiger partial charge in [-0.15, -0.1) is 0 Å². The monoisotopic (exact) mass is 502 g/mol. The number of para-hydroxylation sites is 2. The lowest BCUT2D eigenvalue weighted by molar-refractivity contribution is 0.0697. The van der Waals surface area contributed by atoms with Crippen LogP contribution in [0.1, 0.15) is 40.7 Å². The minimum Gasteiger partial charge on any atom is -0.495 e. The predicted molar refractivity (Wildman–Crippen MR) is 145 cm³/mol. The molecule has 37 heavy (non-hydrogen) atoms. The van der Waals surface area contributed by atoms with Crippen LogP contribution >= 0.6 is 0 Å². The molecule has 3 aromatic rings. The lowest BCUT2D eigenvalue weighted by Gasteiger charge is -2.39. The third kappa shape index (κ3) is 5.43. The maximum absolute atomic E-state index is 13.7. The molecule has 194 valence electrons. The fraction of sp³-hybridized carbons (Fsp3) is 0.379. The summed E-state index contributed by atoms with van der Waals surface area (Å²) in [6.07, 6.45) is 3.48. The molecule has 5 rings (SSSR count). The Kier molecular flexibility index (Phi) is 7.35. The molecule has 2 amide bonds. The molecule has 2 saturated heterocycles. The Morgan fingerprint density at radius 2 is 1.59 bits per heavy atom. The van der Waals surface area contributed by atoms with Crippen LogP contribution in [-0.4, -0.2) is 63.1 Å². The van der Waals surface area contributed by atoms with Gasteiger partial charge in [-0.05, 0) is 61.2 Å². The van der Waals surface area contributed by atoms with E-state index in [4.69, 9.17) is 9.15 Å². The zero-order valence-corrected chi connectivity index (χ0v) is 21.5. The molecule has 0 spiro atoms. The second-order valence-electron chi connectivity index (χ2n) is 9.78. The van der Waals surface area contributed by atoms with E-state index in [2.05, 4.69) is 28.1 Å². The molecule has 0 bridgehead atoms. The van der Waals surface area contributed by atoms with Gasteiger partial charge >= 0.3 is 0 Å². The molecule has 0 unspecified atom stereocenters. The minimum absolute atomic E-state index is 0.0168. The summed E-state index contributed by atoms with van der Waals surface area (Å²) in [6, 6.07) is 17.0. The van der Waals surface area contributed by atoms with Crippen LogP contribution in [0.25, 0.3) is 0 Å². The minimum atomic E-state index is -0.339. The Morgan fingerprint density at radius 1 is 0.892 bits per heavy atom. The Morgan fingerprint density at radius 3 is 2.27 bits per heavy atom. The Hall–Kier alpha value is -3.94. The molecular formula is C29H34N4O4. The van der Waals surface area contributed by atoms with Crippen LogP contribution in [0.5, 0.6) is 5.75 Å². The number of nitrogens with one attached hydrogen (secondary N) is 1. The average Bonchev–Trinajstić information content (AvgIpc) is 3.49. The summed E-state index contributed by atoms with van der Waals surface area (Å²) in [6.45, 7) is 6.91. The first-order valence-electron chi connectivity index (χ1n) is 12.9. The van der Waals surface area contributed by atoms with Gasteiger partial charge in [-0.1, -0.05) is 19.1 Å². The summed E-state index contributed by atoms with van der Waals surface area (Å²) in [7, 11) is 1.69. The normalized spacial score (nSPS) is 16.5. The van der Waals surface area contributed by atoms with Crippen molar-refractivity contribution in [2.45, 2.75) is 19.8 Å². The van der Waals surface area contributed by atoms with Gasteiger partial charge < -0.3 is 29.2 Å². The number of hydrogen-bond donors (Lipinski definition) is 1. The number of rotatable bonds is 6. The molecule has 0 saturated carbocycles. The maximum atomic E-state index is 13.7. The number of furan rings is 1. The van der Waals surface area contributed by atoms with E-state index in [1.165, 1.54) is 6.26 Å². The maximum Gasteiger partial charge on any atom is 0.291 e. The summed E-state index contributed by atoms with van der Waals surface area (Å²) in [5.41, 5.74) is 3.18. The molecule has 1 aromatic heterocycles. The molecule has 1 N–H and O–H groups in total. The molecule has 2 fully saturated rings. The molecule has 0 atom stereocenters. The number of piperidine rings is 1. The first-order chi connectivity index (χ1) is 18.0. The van der Waals surface area contributed by atoms with Crippen molar-refractivity contribution in [1.29, 1.82) is 0 Å². The van der Waals surface area contributed by atoms with E-state index in [9.17, 15) is 9.59 Å². The Balaban J connectivity index is 1.38. The highest BCUT2D eigenvalue weighted by molar-refractivity contribution is 6.05. The smallest absolute Gasteiger partial charge is 0.291 e. The van der Waals surface area contributed by atoms with Crippen LogP contribution in [0.3, 0.4) is 0 Å². The van der Waals surface area contributed by atoms with E-state index in [0.717, 1.165) is 69.2 Å². The number of piperazine rings is 1. The van der Waals surface area contributed by atoms with Crippen LogP contribution in [0.4, 0.5) is 17.1 Å². The quantitative estimate of drug-likeness (QED) is 0.525. The van der Waals surface area contributed by atoms with E-state index in [1.807, 2.05) is 41.3 Å². The van der Waals surface area contributed by atoms with Gasteiger partial charge in [-0.3, -0.25) is 9.59 Å². The molecule has 0 aliphatic carbocycles. The fourth-order valence-corrected chi connectivity index (χ4v) is 5.12. The predicted octanol–water partition coefficient (Wildman–Crippen LogP) is 4.74. The molecule has 3 heterocycles. The van der Waals surface area contributed by atoms with Crippen LogP contribution < -0.4 is 19.9 Å². The number of carbonyl (C=O) groups is 2. The number of hydrogen-bond acceptors (Lipinski definition) is 6. The topological polar surface area (TPSA) is 78.3 Å². The number of nitrogens with zero attached hydrogens (tertiary/aromatic N) is 3. The summed E-state index contributed by atoms with van der Waals surface area (Å²) in [5.74, 6) is 1.40. The van der Waals surface area contributed by atoms with Gasteiger partial charge in [0.25, 0.3) is 11.8 Å². The molecule has 8 heteroatoms. The summed E-state index contributed by atoms with van der Waals surface area (Å²) in [4.78, 5) is 32.9. The van der Waals surface area contributed by atoms with Crippen molar-refractivity contribution in [3.05, 3.63) is 72.2 Å². The number of amides is 2. The van der Waals surface area contributed by atoms with Gasteiger partial charge in [-0.25, -0.2) is 0 Å². The second-order valence-corrected chi connectivity index (χ2v) is 9.78. The van der Waals surface area contributed by atoms with Gasteiger partial charge in [0.1, 0.15) is 5.75 Å². The SMILES string of the molecule is COc1ccccc1N1CCN(c2ccc(NC(=O)c3ccco3)cc2C(=O)N2CCC(C)CC2)CC1. The van der Waals surface area contributed by atoms with Gasteiger partial charge in [0.2, 0.25) is 0 Å². The van der Waals surface area contributed by atoms with Crippen molar-refractivity contribution in [1.82, 2.24) is 4.90 Å². The number of ether oxygens (including phenoxy) is 1. The number of likely N-dealkylation sites (tertiary alicyclic amines) is 1. The van der Waals surface area contributed by atoms with E-state index < -0.39 is 0 Å². The second kappa shape index (κ2) is 11.0. The standard InChI is InChI=1S/C29H34N4O4/c1-21-11-13-33(14-12-21)29(35)23-20-22(30-28(34)27-8-5-19-37-27)9-10-24(23)31-15-17-32(18-16-31)25-6-3-4-7-26(25)36-2/h3-10,19-21H,11-18H2,1-2H3,(H,30,34). The average molecular weight is 503 g/mol. The molecule has 0 radical (unpaired) electrons. The van der Waals surface area contributed by atoms with Crippen molar-refractivity contribution < 1.29 is 18.7 Å². The summed E-state index contributed by atoms with van der Waals surface area (Å²) >= 11 is 0. The largest absolute Gasteiger partial charge is 0.495 e. The fourth-order valence-electron chi connectivity index (χ4n) is 5.12. The van der Waals surface area contributed by atoms with Gasteiger partial charge in [-0.2, -0.15) is 0 Å². The zero-order valence-electron chi connectivity index (χ0n) is 21.5. The van der Waals surface area contributed by atoms with Crippen molar-refractivity contribution >= 4 is 28.9 Å². The molecule has 8 nitrogen and oxygen atoms in total. The number of methoxy groups -OCH3 is 1. The third-order valence-electron chi connectivity index (χ3n) is 7.35. The van der Waals surface area contributed by atoms with Crippen molar-refractivity contribution in [2.24, 2.45) is 5.92 Å². The summed E-state index contributed by atoms with van der Waals surface area (Å²) < 4.78 is 10.8. The molecule has 2 aromatic carbocycles. The van der Waals surface area contributed by atoms with Crippen molar-refractivity contribution in [2.75, 3.05) is 61.5 Å². The lowest BCUT2D eigenvalue weighted by atomic mass is 9.98. The van der Waals surface area contributed by atoms with Crippen molar-refractivity contribution in [3.63, 3.8) is 0 Å². The zero-order chi connectivity index (χ0) is 25.8. The molecule has 2 aliphatic heterocycles. The first kappa shape index (κ1) is 24.7. The number of carbonyl (C=O) groups excluding carboxylic acids is 2. The van der Waals surface area contributed by atoms with E-state index in [0.29, 0.717) is 17.2 Å². The van der Waals surface area contributed by atoms with Crippen LogP contribution in [0, 0.1) is 5.92 Å². The number of benzene rings is 2. The Labute approximate surface area is 217 Å². The van der Waals surface area contributed by atoms with Crippen LogP contribution in [-0.2, 0) is 0 Å².